The Balaban J connectivity index is 1.65. The molecule has 0 saturated heterocycles. The molecule has 0 fully saturated rings. The molecule has 0 unspecified atom stereocenters. The van der Waals surface area contributed by atoms with Crippen LogP contribution in [0.5, 0.6) is 23.0 Å². The van der Waals surface area contributed by atoms with Gasteiger partial charge in [0, 0.05) is 5.69 Å². The van der Waals surface area contributed by atoms with E-state index in [4.69, 9.17) is 14.2 Å². The van der Waals surface area contributed by atoms with Gasteiger partial charge in [0.2, 0.25) is 0 Å². The molecule has 6 heteroatoms. The molecule has 3 aromatic rings. The van der Waals surface area contributed by atoms with Crippen LogP contribution in [0.15, 0.2) is 72.8 Å². The maximum Gasteiger partial charge on any atom is 0.323 e. The van der Waals surface area contributed by atoms with Crippen LogP contribution in [0.3, 0.4) is 0 Å². The summed E-state index contributed by atoms with van der Waals surface area (Å²) >= 11 is 0. The van der Waals surface area contributed by atoms with Gasteiger partial charge in [-0.05, 0) is 48.5 Å². The molecule has 0 aliphatic carbocycles. The van der Waals surface area contributed by atoms with Crippen molar-refractivity contribution in [1.29, 1.82) is 0 Å². The summed E-state index contributed by atoms with van der Waals surface area (Å²) in [5, 5.41) is 5.52. The number of hydrogen-bond donors (Lipinski definition) is 2. The predicted molar refractivity (Wildman–Crippen MR) is 105 cm³/mol. The average molecular weight is 364 g/mol. The van der Waals surface area contributed by atoms with Gasteiger partial charge in [-0.25, -0.2) is 4.79 Å². The van der Waals surface area contributed by atoms with Crippen LogP contribution in [0.1, 0.15) is 0 Å². The summed E-state index contributed by atoms with van der Waals surface area (Å²) in [5.74, 6) is 2.45. The number of carbonyl (C=O) groups is 1. The molecule has 0 heterocycles. The molecule has 0 aliphatic heterocycles. The molecule has 27 heavy (non-hydrogen) atoms. The largest absolute Gasteiger partial charge is 0.494 e. The Hall–Kier alpha value is -3.67. The first-order valence-corrected chi connectivity index (χ1v) is 8.31. The number of nitrogens with one attached hydrogen (secondary N) is 2. The molecule has 2 N–H and O–H groups in total. The number of hydrogen-bond acceptors (Lipinski definition) is 4. The Labute approximate surface area is 157 Å². The summed E-state index contributed by atoms with van der Waals surface area (Å²) < 4.78 is 16.3. The quantitative estimate of drug-likeness (QED) is 0.635. The Morgan fingerprint density at radius 2 is 1.30 bits per heavy atom. The predicted octanol–water partition coefficient (Wildman–Crippen LogP) is 5.14. The molecule has 0 spiro atoms. The maximum atomic E-state index is 12.3. The average Bonchev–Trinajstić information content (AvgIpc) is 2.70. The summed E-state index contributed by atoms with van der Waals surface area (Å²) in [4.78, 5) is 12.3. The number of benzene rings is 3. The normalized spacial score (nSPS) is 10.0. The number of ether oxygens (including phenoxy) is 3. The van der Waals surface area contributed by atoms with Crippen LogP contribution in [-0.2, 0) is 0 Å². The highest BCUT2D eigenvalue weighted by Crippen LogP contribution is 2.34. The van der Waals surface area contributed by atoms with Crippen molar-refractivity contribution in [1.82, 2.24) is 0 Å². The minimum atomic E-state index is -0.408. The summed E-state index contributed by atoms with van der Waals surface area (Å²) in [6.45, 7) is 0. The van der Waals surface area contributed by atoms with E-state index in [1.165, 1.54) is 14.2 Å². The molecule has 6 nitrogen and oxygen atoms in total. The Morgan fingerprint density at radius 1 is 0.704 bits per heavy atom. The zero-order valence-electron chi connectivity index (χ0n) is 15.1. The first-order chi connectivity index (χ1) is 13.2. The van der Waals surface area contributed by atoms with E-state index >= 15 is 0 Å². The lowest BCUT2D eigenvalue weighted by molar-refractivity contribution is 0.262. The van der Waals surface area contributed by atoms with E-state index in [-0.39, 0.29) is 0 Å². The molecule has 2 amide bonds. The third-order valence-corrected chi connectivity index (χ3v) is 3.76. The number of carbonyl (C=O) groups excluding carboxylic acids is 1. The topological polar surface area (TPSA) is 68.8 Å². The molecule has 3 rings (SSSR count). The van der Waals surface area contributed by atoms with Crippen LogP contribution in [-0.4, -0.2) is 20.3 Å². The number of urea groups is 1. The van der Waals surface area contributed by atoms with Crippen LogP contribution < -0.4 is 24.8 Å². The zero-order chi connectivity index (χ0) is 19.1. The van der Waals surface area contributed by atoms with Crippen molar-refractivity contribution < 1.29 is 19.0 Å². The molecule has 0 bridgehead atoms. The van der Waals surface area contributed by atoms with Gasteiger partial charge in [-0.1, -0.05) is 24.3 Å². The van der Waals surface area contributed by atoms with E-state index in [1.54, 1.807) is 42.5 Å². The monoisotopic (exact) mass is 364 g/mol. The molecular weight excluding hydrogens is 344 g/mol. The Morgan fingerprint density at radius 3 is 1.89 bits per heavy atom. The number of rotatable bonds is 6. The van der Waals surface area contributed by atoms with Crippen LogP contribution in [0, 0.1) is 0 Å². The summed E-state index contributed by atoms with van der Waals surface area (Å²) in [7, 11) is 3.06. The lowest BCUT2D eigenvalue weighted by Gasteiger charge is -2.14. The first-order valence-electron chi connectivity index (χ1n) is 8.31. The van der Waals surface area contributed by atoms with E-state index in [0.717, 1.165) is 5.75 Å². The van der Waals surface area contributed by atoms with E-state index in [2.05, 4.69) is 10.6 Å². The van der Waals surface area contributed by atoms with Gasteiger partial charge < -0.3 is 24.8 Å². The van der Waals surface area contributed by atoms with Crippen LogP contribution in [0.4, 0.5) is 16.2 Å². The maximum absolute atomic E-state index is 12.3. The molecule has 0 atom stereocenters. The summed E-state index contributed by atoms with van der Waals surface area (Å²) in [5.41, 5.74) is 1.09. The van der Waals surface area contributed by atoms with Crippen molar-refractivity contribution >= 4 is 17.4 Å². The van der Waals surface area contributed by atoms with Crippen molar-refractivity contribution in [3.63, 3.8) is 0 Å². The highest BCUT2D eigenvalue weighted by Gasteiger charge is 2.13. The molecule has 0 aromatic heterocycles. The molecule has 0 radical (unpaired) electrons. The number of methoxy groups -OCH3 is 2. The van der Waals surface area contributed by atoms with Crippen molar-refractivity contribution in [3.8, 4) is 23.0 Å². The summed E-state index contributed by atoms with van der Waals surface area (Å²) in [6, 6.07) is 21.4. The van der Waals surface area contributed by atoms with Crippen LogP contribution >= 0.6 is 0 Å². The number of para-hydroxylation sites is 2. The van der Waals surface area contributed by atoms with E-state index < -0.39 is 6.03 Å². The van der Waals surface area contributed by atoms with E-state index in [9.17, 15) is 4.79 Å². The smallest absolute Gasteiger partial charge is 0.323 e. The standard InChI is InChI=1S/C21H20N2O4/c1-25-18-9-6-10-19(26-2)20(18)23-21(24)22-15-11-13-17(14-12-15)27-16-7-4-3-5-8-16/h3-14H,1-2H3,(H2,22,23,24). The molecule has 0 aliphatic rings. The van der Waals surface area contributed by atoms with Gasteiger partial charge in [0.05, 0.1) is 14.2 Å². The lowest BCUT2D eigenvalue weighted by atomic mass is 10.2. The molecule has 138 valence electrons. The van der Waals surface area contributed by atoms with Crippen molar-refractivity contribution in [2.24, 2.45) is 0 Å². The summed E-state index contributed by atoms with van der Waals surface area (Å²) in [6.07, 6.45) is 0. The Bertz CT molecular complexity index is 874. The Kier molecular flexibility index (Phi) is 5.79. The molecular formula is C21H20N2O4. The minimum Gasteiger partial charge on any atom is -0.494 e. The van der Waals surface area contributed by atoms with E-state index in [1.807, 2.05) is 30.3 Å². The fourth-order valence-electron chi connectivity index (χ4n) is 2.48. The van der Waals surface area contributed by atoms with Gasteiger partial charge in [-0.2, -0.15) is 0 Å². The minimum absolute atomic E-state index is 0.408. The van der Waals surface area contributed by atoms with Crippen LogP contribution in [0.25, 0.3) is 0 Å². The van der Waals surface area contributed by atoms with Gasteiger partial charge in [0.25, 0.3) is 0 Å². The number of anilines is 2. The third kappa shape index (κ3) is 4.70. The second-order valence-electron chi connectivity index (χ2n) is 5.56. The van der Waals surface area contributed by atoms with Gasteiger partial charge in [0.15, 0.2) is 0 Å². The second kappa shape index (κ2) is 8.62. The zero-order valence-corrected chi connectivity index (χ0v) is 15.1. The third-order valence-electron chi connectivity index (χ3n) is 3.76. The number of amides is 2. The second-order valence-corrected chi connectivity index (χ2v) is 5.56. The highest BCUT2D eigenvalue weighted by molar-refractivity contribution is 6.01. The van der Waals surface area contributed by atoms with Crippen LogP contribution in [0.2, 0.25) is 0 Å². The molecule has 0 saturated carbocycles. The molecule has 3 aromatic carbocycles. The van der Waals surface area contributed by atoms with E-state index in [0.29, 0.717) is 28.6 Å². The first kappa shape index (κ1) is 18.1. The highest BCUT2D eigenvalue weighted by atomic mass is 16.5. The SMILES string of the molecule is COc1cccc(OC)c1NC(=O)Nc1ccc(Oc2ccccc2)cc1. The van der Waals surface area contributed by atoms with Crippen molar-refractivity contribution in [3.05, 3.63) is 72.8 Å². The van der Waals surface area contributed by atoms with Gasteiger partial charge in [-0.3, -0.25) is 0 Å². The van der Waals surface area contributed by atoms with Gasteiger partial charge >= 0.3 is 6.03 Å². The van der Waals surface area contributed by atoms with Crippen molar-refractivity contribution in [2.45, 2.75) is 0 Å². The fourth-order valence-corrected chi connectivity index (χ4v) is 2.48. The van der Waals surface area contributed by atoms with Gasteiger partial charge in [0.1, 0.15) is 28.7 Å². The fraction of sp³-hybridized carbons (Fsp3) is 0.0952. The van der Waals surface area contributed by atoms with Crippen molar-refractivity contribution in [2.75, 3.05) is 24.9 Å². The lowest BCUT2D eigenvalue weighted by Crippen LogP contribution is -2.20. The van der Waals surface area contributed by atoms with Gasteiger partial charge in [-0.15, -0.1) is 0 Å².